The number of carboxylic acid groups (broad SMARTS) is 1. The molecule has 0 fully saturated rings. The van der Waals surface area contributed by atoms with E-state index in [-0.39, 0.29) is 29.1 Å². The van der Waals surface area contributed by atoms with Crippen LogP contribution in [0.4, 0.5) is 11.4 Å². The van der Waals surface area contributed by atoms with Gasteiger partial charge in [-0.1, -0.05) is 6.08 Å². The van der Waals surface area contributed by atoms with E-state index in [1.54, 1.807) is 19.2 Å². The van der Waals surface area contributed by atoms with E-state index in [4.69, 9.17) is 9.84 Å². The molecule has 0 aromatic heterocycles. The molecule has 2 aromatic rings. The Kier molecular flexibility index (Phi) is 12.6. The Morgan fingerprint density at radius 3 is 2.08 bits per heavy atom. The maximum atomic E-state index is 12.2. The number of aliphatic carboxylic acids is 1. The smallest absolute Gasteiger partial charge is 0.303 e. The summed E-state index contributed by atoms with van der Waals surface area (Å²) in [7, 11) is -11.8. The Bertz CT molecular complexity index is 2130. The molecule has 2 aromatic carbocycles. The fraction of sp³-hybridized carbons (Fsp3) is 0.486. The van der Waals surface area contributed by atoms with Crippen LogP contribution < -0.4 is 4.90 Å². The number of unbranched alkanes of at least 4 members (excludes halogenated alkanes) is 2. The molecule has 2 unspecified atom stereocenters. The minimum atomic E-state index is -4.56. The summed E-state index contributed by atoms with van der Waals surface area (Å²) in [5.74, 6) is -1.39. The van der Waals surface area contributed by atoms with Crippen molar-refractivity contribution in [2.24, 2.45) is 0 Å². The molecule has 0 spiro atoms. The van der Waals surface area contributed by atoms with Gasteiger partial charge in [0, 0.05) is 67.6 Å². The lowest BCUT2D eigenvalue weighted by atomic mass is 9.76. The number of likely N-dealkylation sites (N-methyl/N-ethyl adjacent to an activating group) is 1. The number of fused-ring (bicyclic) bond motifs is 2. The fourth-order valence-corrected chi connectivity index (χ4v) is 8.88. The van der Waals surface area contributed by atoms with Gasteiger partial charge < -0.3 is 14.7 Å². The van der Waals surface area contributed by atoms with Gasteiger partial charge in [0.05, 0.1) is 21.0 Å². The molecular weight excluding hydrogens is 737 g/mol. The number of ether oxygens (including phenoxy) is 1. The SMILES string of the molecule is CCN1/C(=C/C=C/C2=[N+](CCCCCC(=O)O)c3ccc(S(=O)(=O)O)cc3C2(C)CCOC)C(C)(CCCS(=O)(=O)O)c2cc(S(=O)(=O)O)ccc21. The first kappa shape index (κ1) is 41.3. The highest BCUT2D eigenvalue weighted by atomic mass is 32.2. The van der Waals surface area contributed by atoms with E-state index in [1.165, 1.54) is 24.3 Å². The quantitative estimate of drug-likeness (QED) is 0.0878. The van der Waals surface area contributed by atoms with E-state index >= 15 is 0 Å². The van der Waals surface area contributed by atoms with Crippen LogP contribution in [0.1, 0.15) is 76.8 Å². The average Bonchev–Trinajstić information content (AvgIpc) is 3.42. The predicted octanol–water partition coefficient (Wildman–Crippen LogP) is 5.12. The van der Waals surface area contributed by atoms with Crippen molar-refractivity contribution in [2.45, 2.75) is 86.3 Å². The van der Waals surface area contributed by atoms with Crippen molar-refractivity contribution in [3.05, 3.63) is 71.5 Å². The van der Waals surface area contributed by atoms with Gasteiger partial charge in [0.25, 0.3) is 30.4 Å². The van der Waals surface area contributed by atoms with Gasteiger partial charge in [0.15, 0.2) is 5.71 Å². The van der Waals surface area contributed by atoms with Crippen molar-refractivity contribution in [2.75, 3.05) is 37.5 Å². The number of carbonyl (C=O) groups is 1. The third-order valence-corrected chi connectivity index (χ3v) is 12.5. The van der Waals surface area contributed by atoms with Gasteiger partial charge in [-0.15, -0.1) is 0 Å². The molecule has 52 heavy (non-hydrogen) atoms. The van der Waals surface area contributed by atoms with E-state index in [0.29, 0.717) is 67.9 Å². The molecule has 4 N–H and O–H groups in total. The molecule has 4 rings (SSSR count). The number of hydrogen-bond acceptors (Lipinski definition) is 9. The summed E-state index contributed by atoms with van der Waals surface area (Å²) in [6, 6.07) is 8.72. The Hall–Kier alpha value is -3.45. The van der Waals surface area contributed by atoms with Crippen LogP contribution in [0.2, 0.25) is 0 Å². The van der Waals surface area contributed by atoms with Crippen LogP contribution >= 0.6 is 0 Å². The second-order valence-electron chi connectivity index (χ2n) is 13.5. The maximum absolute atomic E-state index is 12.2. The summed E-state index contributed by atoms with van der Waals surface area (Å²) in [4.78, 5) is 12.5. The van der Waals surface area contributed by atoms with Gasteiger partial charge in [-0.25, -0.2) is 0 Å². The average molecular weight is 784 g/mol. The van der Waals surface area contributed by atoms with E-state index in [1.807, 2.05) is 43.9 Å². The Morgan fingerprint density at radius 1 is 0.865 bits per heavy atom. The number of hydrogen-bond donors (Lipinski definition) is 4. The number of nitrogens with zero attached hydrogens (tertiary/aromatic N) is 2. The maximum Gasteiger partial charge on any atom is 0.303 e. The fourth-order valence-electron chi connectivity index (χ4n) is 7.36. The van der Waals surface area contributed by atoms with Gasteiger partial charge in [0.2, 0.25) is 5.69 Å². The molecule has 17 heteroatoms. The van der Waals surface area contributed by atoms with Gasteiger partial charge in [0.1, 0.15) is 6.54 Å². The van der Waals surface area contributed by atoms with Crippen molar-refractivity contribution in [3.8, 4) is 0 Å². The zero-order chi connectivity index (χ0) is 38.7. The predicted molar refractivity (Wildman–Crippen MR) is 196 cm³/mol. The number of anilines is 1. The number of carboxylic acids is 1. The molecule has 14 nitrogen and oxygen atoms in total. The third-order valence-electron chi connectivity index (χ3n) is 10.00. The van der Waals surface area contributed by atoms with E-state index < -0.39 is 52.9 Å². The van der Waals surface area contributed by atoms with E-state index in [2.05, 4.69) is 4.58 Å². The highest BCUT2D eigenvalue weighted by molar-refractivity contribution is 7.86. The number of methoxy groups -OCH3 is 1. The molecule has 0 bridgehead atoms. The number of allylic oxidation sites excluding steroid dienone is 4. The lowest BCUT2D eigenvalue weighted by molar-refractivity contribution is -0.438. The summed E-state index contributed by atoms with van der Waals surface area (Å²) < 4.78 is 109. The standard InChI is InChI=1S/C35H46N2O12S3/c1-5-36-29-16-14-25(51(43,44)45)23-27(29)34(2,18-10-22-50(40,41)42)31(36)11-9-12-32-35(3,19-21-49-4)28-24-26(52(46,47)48)15-17-30(28)37(32)20-8-6-7-13-33(38)39/h9,11-12,14-17,23-24H,5-8,10,13,18-22H2,1-4H3,(H3-,38,39,40,41,42,43,44,45,46,47,48)/p+1. The van der Waals surface area contributed by atoms with Gasteiger partial charge in [-0.05, 0) is 94.8 Å². The van der Waals surface area contributed by atoms with E-state index in [0.717, 1.165) is 11.4 Å². The zero-order valence-corrected chi connectivity index (χ0v) is 32.1. The van der Waals surface area contributed by atoms with Gasteiger partial charge in [-0.3, -0.25) is 18.5 Å². The minimum Gasteiger partial charge on any atom is -0.481 e. The van der Waals surface area contributed by atoms with Crippen molar-refractivity contribution >= 4 is 53.4 Å². The molecule has 0 saturated heterocycles. The molecule has 2 aliphatic rings. The molecule has 2 atom stereocenters. The summed E-state index contributed by atoms with van der Waals surface area (Å²) in [5, 5.41) is 9.10. The molecule has 0 saturated carbocycles. The lowest BCUT2D eigenvalue weighted by Gasteiger charge is -2.30. The molecule has 0 amide bonds. The van der Waals surface area contributed by atoms with Crippen molar-refractivity contribution < 1.29 is 58.1 Å². The first-order chi connectivity index (χ1) is 24.2. The minimum absolute atomic E-state index is 0.0367. The van der Waals surface area contributed by atoms with Crippen LogP contribution in [0.25, 0.3) is 0 Å². The third kappa shape index (κ3) is 9.01. The number of benzene rings is 2. The number of rotatable bonds is 18. The van der Waals surface area contributed by atoms with Crippen LogP contribution in [-0.2, 0) is 50.7 Å². The Morgan fingerprint density at radius 2 is 1.50 bits per heavy atom. The molecule has 286 valence electrons. The monoisotopic (exact) mass is 783 g/mol. The van der Waals surface area contributed by atoms with Crippen LogP contribution in [0.5, 0.6) is 0 Å². The van der Waals surface area contributed by atoms with Crippen LogP contribution in [0.3, 0.4) is 0 Å². The van der Waals surface area contributed by atoms with Crippen molar-refractivity contribution in [1.82, 2.24) is 0 Å². The highest BCUT2D eigenvalue weighted by Crippen LogP contribution is 2.51. The zero-order valence-electron chi connectivity index (χ0n) is 29.6. The van der Waals surface area contributed by atoms with Crippen LogP contribution in [0, 0.1) is 0 Å². The normalized spacial score (nSPS) is 21.4. The van der Waals surface area contributed by atoms with Gasteiger partial charge in [-0.2, -0.15) is 29.8 Å². The second-order valence-corrected chi connectivity index (χ2v) is 17.9. The molecule has 2 heterocycles. The van der Waals surface area contributed by atoms with Crippen LogP contribution in [-0.4, -0.2) is 92.8 Å². The molecule has 0 aliphatic carbocycles. The molecule has 2 aliphatic heterocycles. The summed E-state index contributed by atoms with van der Waals surface area (Å²) in [6.45, 7) is 6.97. The first-order valence-electron chi connectivity index (χ1n) is 16.9. The first-order valence-corrected chi connectivity index (χ1v) is 21.4. The van der Waals surface area contributed by atoms with Crippen molar-refractivity contribution in [1.29, 1.82) is 0 Å². The lowest BCUT2D eigenvalue weighted by Crippen LogP contribution is -2.33. The summed E-state index contributed by atoms with van der Waals surface area (Å²) in [5.41, 5.74) is 2.39. The highest BCUT2D eigenvalue weighted by Gasteiger charge is 2.48. The molecular formula is C35H47N2O12S3+. The summed E-state index contributed by atoms with van der Waals surface area (Å²) in [6.07, 6.45) is 8.06. The topological polar surface area (TPSA) is 216 Å². The Balaban J connectivity index is 1.88. The van der Waals surface area contributed by atoms with E-state index in [9.17, 15) is 43.7 Å². The Labute approximate surface area is 305 Å². The second kappa shape index (κ2) is 15.9. The molecule has 0 radical (unpaired) electrons. The van der Waals surface area contributed by atoms with Crippen LogP contribution in [0.15, 0.2) is 70.1 Å². The largest absolute Gasteiger partial charge is 0.481 e. The van der Waals surface area contributed by atoms with Gasteiger partial charge >= 0.3 is 5.97 Å². The van der Waals surface area contributed by atoms with Crippen molar-refractivity contribution in [3.63, 3.8) is 0 Å². The summed E-state index contributed by atoms with van der Waals surface area (Å²) >= 11 is 0.